The first-order chi connectivity index (χ1) is 7.82. The lowest BCUT2D eigenvalue weighted by atomic mass is 10.1. The quantitative estimate of drug-likeness (QED) is 0.812. The van der Waals surface area contributed by atoms with E-state index in [1.807, 2.05) is 13.0 Å². The summed E-state index contributed by atoms with van der Waals surface area (Å²) in [5.41, 5.74) is 7.50. The van der Waals surface area contributed by atoms with Gasteiger partial charge in [0.05, 0.1) is 0 Å². The molecule has 1 aromatic rings. The van der Waals surface area contributed by atoms with Crippen molar-refractivity contribution in [3.63, 3.8) is 0 Å². The molecule has 96 valence electrons. The zero-order chi connectivity index (χ0) is 13.2. The van der Waals surface area contributed by atoms with Gasteiger partial charge in [-0.05, 0) is 43.0 Å². The van der Waals surface area contributed by atoms with Crippen molar-refractivity contribution in [3.8, 4) is 0 Å². The first-order valence-corrected chi connectivity index (χ1v) is 6.93. The summed E-state index contributed by atoms with van der Waals surface area (Å²) in [6, 6.07) is 3.36. The van der Waals surface area contributed by atoms with E-state index in [1.54, 1.807) is 24.8 Å². The van der Waals surface area contributed by atoms with Crippen molar-refractivity contribution in [1.29, 1.82) is 0 Å². The van der Waals surface area contributed by atoms with E-state index in [-0.39, 0.29) is 11.9 Å². The van der Waals surface area contributed by atoms with Gasteiger partial charge in [-0.15, -0.1) is 11.8 Å². The van der Waals surface area contributed by atoms with Gasteiger partial charge >= 0.3 is 0 Å². The summed E-state index contributed by atoms with van der Waals surface area (Å²) in [6.07, 6.45) is 0. The molecule has 0 spiro atoms. The molecule has 1 rings (SSSR count). The van der Waals surface area contributed by atoms with Crippen molar-refractivity contribution in [3.05, 3.63) is 29.1 Å². The minimum absolute atomic E-state index is 0.132. The molecule has 0 saturated carbocycles. The Bertz CT molecular complexity index is 388. The van der Waals surface area contributed by atoms with Gasteiger partial charge in [0.1, 0.15) is 5.82 Å². The summed E-state index contributed by atoms with van der Waals surface area (Å²) in [5.74, 6) is 0.421. The number of hydrogen-bond donors (Lipinski definition) is 1. The Labute approximate surface area is 108 Å². The van der Waals surface area contributed by atoms with Gasteiger partial charge in [0.15, 0.2) is 0 Å². The molecule has 0 aliphatic heterocycles. The second-order valence-corrected chi connectivity index (χ2v) is 6.41. The van der Waals surface area contributed by atoms with E-state index in [4.69, 9.17) is 5.73 Å². The molecule has 0 aromatic heterocycles. The molecule has 1 nitrogen and oxygen atoms in total. The molecular weight excluding hydrogens is 233 g/mol. The first-order valence-electron chi connectivity index (χ1n) is 6.05. The van der Waals surface area contributed by atoms with Crippen LogP contribution in [0.2, 0.25) is 0 Å². The Morgan fingerprint density at radius 1 is 1.18 bits per heavy atom. The van der Waals surface area contributed by atoms with Crippen molar-refractivity contribution < 1.29 is 4.39 Å². The molecule has 0 amide bonds. The van der Waals surface area contributed by atoms with E-state index in [0.717, 1.165) is 10.5 Å². The third-order valence-electron chi connectivity index (χ3n) is 3.03. The summed E-state index contributed by atoms with van der Waals surface area (Å²) in [6.45, 7) is 10.3. The van der Waals surface area contributed by atoms with E-state index >= 15 is 0 Å². The predicted octanol–water partition coefficient (Wildman–Crippen LogP) is 4.29. The van der Waals surface area contributed by atoms with Crippen LogP contribution >= 0.6 is 11.8 Å². The molecule has 2 N–H and O–H groups in total. The van der Waals surface area contributed by atoms with Gasteiger partial charge in [0, 0.05) is 16.2 Å². The summed E-state index contributed by atoms with van der Waals surface area (Å²) < 4.78 is 13.6. The van der Waals surface area contributed by atoms with Crippen LogP contribution in [0.15, 0.2) is 17.0 Å². The van der Waals surface area contributed by atoms with Crippen molar-refractivity contribution in [1.82, 2.24) is 0 Å². The molecule has 0 radical (unpaired) electrons. The topological polar surface area (TPSA) is 26.0 Å². The van der Waals surface area contributed by atoms with Crippen LogP contribution in [0.4, 0.5) is 4.39 Å². The summed E-state index contributed by atoms with van der Waals surface area (Å²) in [5, 5.41) is 0.498. The Morgan fingerprint density at radius 3 is 2.24 bits per heavy atom. The second kappa shape index (κ2) is 5.87. The van der Waals surface area contributed by atoms with Gasteiger partial charge in [-0.3, -0.25) is 0 Å². The zero-order valence-corrected chi connectivity index (χ0v) is 12.1. The molecule has 0 heterocycles. The molecule has 17 heavy (non-hydrogen) atoms. The summed E-state index contributed by atoms with van der Waals surface area (Å²) >= 11 is 1.78. The van der Waals surface area contributed by atoms with Crippen LogP contribution in [0, 0.1) is 18.7 Å². The Kier molecular flexibility index (Phi) is 5.02. The lowest BCUT2D eigenvalue weighted by Gasteiger charge is -2.19. The highest BCUT2D eigenvalue weighted by molar-refractivity contribution is 8.00. The predicted molar refractivity (Wildman–Crippen MR) is 73.9 cm³/mol. The van der Waals surface area contributed by atoms with Crippen molar-refractivity contribution in [2.24, 2.45) is 11.7 Å². The third-order valence-corrected chi connectivity index (χ3v) is 4.56. The number of benzene rings is 1. The fourth-order valence-electron chi connectivity index (χ4n) is 1.46. The molecule has 0 bridgehead atoms. The van der Waals surface area contributed by atoms with Crippen molar-refractivity contribution >= 4 is 11.8 Å². The average molecular weight is 255 g/mol. The van der Waals surface area contributed by atoms with Gasteiger partial charge in [0.25, 0.3) is 0 Å². The largest absolute Gasteiger partial charge is 0.324 e. The fraction of sp³-hybridized carbons (Fsp3) is 0.571. The van der Waals surface area contributed by atoms with Gasteiger partial charge in [-0.1, -0.05) is 20.8 Å². The van der Waals surface area contributed by atoms with Gasteiger partial charge in [-0.2, -0.15) is 0 Å². The number of aryl methyl sites for hydroxylation is 1. The van der Waals surface area contributed by atoms with Crippen LogP contribution in [0.3, 0.4) is 0 Å². The molecule has 0 aliphatic rings. The van der Waals surface area contributed by atoms with Crippen molar-refractivity contribution in [2.45, 2.75) is 50.8 Å². The van der Waals surface area contributed by atoms with Gasteiger partial charge in [0.2, 0.25) is 0 Å². The average Bonchev–Trinajstić information content (AvgIpc) is 2.22. The van der Waals surface area contributed by atoms with E-state index in [2.05, 4.69) is 20.8 Å². The lowest BCUT2D eigenvalue weighted by Crippen LogP contribution is -2.11. The van der Waals surface area contributed by atoms with Crippen molar-refractivity contribution in [2.75, 3.05) is 0 Å². The van der Waals surface area contributed by atoms with E-state index in [0.29, 0.717) is 16.7 Å². The number of rotatable bonds is 4. The molecule has 0 saturated heterocycles. The van der Waals surface area contributed by atoms with Crippen LogP contribution in [0.1, 0.15) is 44.9 Å². The molecule has 2 atom stereocenters. The maximum Gasteiger partial charge on any atom is 0.126 e. The minimum atomic E-state index is -0.168. The van der Waals surface area contributed by atoms with Gasteiger partial charge < -0.3 is 5.73 Å². The van der Waals surface area contributed by atoms with Crippen LogP contribution in [0.25, 0.3) is 0 Å². The monoisotopic (exact) mass is 255 g/mol. The summed E-state index contributed by atoms with van der Waals surface area (Å²) in [7, 11) is 0. The Balaban J connectivity index is 3.08. The maximum absolute atomic E-state index is 13.6. The smallest absolute Gasteiger partial charge is 0.126 e. The van der Waals surface area contributed by atoms with Gasteiger partial charge in [-0.25, -0.2) is 4.39 Å². The second-order valence-electron chi connectivity index (χ2n) is 4.99. The molecule has 0 aliphatic carbocycles. The molecule has 1 unspecified atom stereocenters. The Morgan fingerprint density at radius 2 is 1.76 bits per heavy atom. The van der Waals surface area contributed by atoms with E-state index in [1.165, 1.54) is 0 Å². The number of hydrogen-bond acceptors (Lipinski definition) is 2. The van der Waals surface area contributed by atoms with E-state index in [9.17, 15) is 4.39 Å². The highest BCUT2D eigenvalue weighted by Crippen LogP contribution is 2.34. The normalized spacial score (nSPS) is 15.1. The molecule has 1 aromatic carbocycles. The molecular formula is C14H22FNS. The van der Waals surface area contributed by atoms with Crippen LogP contribution < -0.4 is 5.73 Å². The maximum atomic E-state index is 13.6. The lowest BCUT2D eigenvalue weighted by molar-refractivity contribution is 0.609. The molecule has 0 fully saturated rings. The third kappa shape index (κ3) is 3.71. The highest BCUT2D eigenvalue weighted by atomic mass is 32.2. The first kappa shape index (κ1) is 14.5. The number of halogens is 1. The van der Waals surface area contributed by atoms with Crippen LogP contribution in [0.5, 0.6) is 0 Å². The molecule has 3 heteroatoms. The standard InChI is InChI=1S/C14H22FNS/c1-8(2)11(5)17-14-6-9(3)13(15)7-12(14)10(4)16/h6-8,10-11H,16H2,1-5H3/t10-,11?/m1/s1. The van der Waals surface area contributed by atoms with Crippen LogP contribution in [-0.4, -0.2) is 5.25 Å². The number of thioether (sulfide) groups is 1. The van der Waals surface area contributed by atoms with E-state index < -0.39 is 0 Å². The zero-order valence-electron chi connectivity index (χ0n) is 11.3. The highest BCUT2D eigenvalue weighted by Gasteiger charge is 2.15. The fourth-order valence-corrected chi connectivity index (χ4v) is 2.76. The minimum Gasteiger partial charge on any atom is -0.324 e. The summed E-state index contributed by atoms with van der Waals surface area (Å²) in [4.78, 5) is 1.11. The van der Waals surface area contributed by atoms with Crippen LogP contribution in [-0.2, 0) is 0 Å². The Hall–Kier alpha value is -0.540. The number of nitrogens with two attached hydrogens (primary N) is 1. The SMILES string of the molecule is Cc1cc(SC(C)C(C)C)c([C@@H](C)N)cc1F.